The van der Waals surface area contributed by atoms with Crippen LogP contribution in [0, 0.1) is 0 Å². The van der Waals surface area contributed by atoms with E-state index in [9.17, 15) is 5.11 Å². The van der Waals surface area contributed by atoms with Crippen LogP contribution in [0.2, 0.25) is 0 Å². The first-order valence-corrected chi connectivity index (χ1v) is 5.48. The molecule has 2 heteroatoms. The summed E-state index contributed by atoms with van der Waals surface area (Å²) in [5.41, 5.74) is 3.07. The number of fused-ring (bicyclic) bond motifs is 1. The molecule has 0 fully saturated rings. The number of hydrogen-bond donors (Lipinski definition) is 1. The molecule has 3 aromatic rings. The molecule has 0 spiro atoms. The fraction of sp³-hybridized carbons (Fsp3) is 0. The van der Waals surface area contributed by atoms with Crippen molar-refractivity contribution in [2.75, 3.05) is 0 Å². The van der Waals surface area contributed by atoms with Crippen molar-refractivity contribution in [3.05, 3.63) is 60.8 Å². The van der Waals surface area contributed by atoms with Crippen LogP contribution in [0.15, 0.2) is 60.8 Å². The van der Waals surface area contributed by atoms with Crippen molar-refractivity contribution < 1.29 is 5.11 Å². The van der Waals surface area contributed by atoms with E-state index in [0.29, 0.717) is 0 Å². The summed E-state index contributed by atoms with van der Waals surface area (Å²) < 4.78 is 0. The minimum Gasteiger partial charge on any atom is -0.507 e. The van der Waals surface area contributed by atoms with Crippen LogP contribution in [0.5, 0.6) is 5.75 Å². The Morgan fingerprint density at radius 3 is 2.47 bits per heavy atom. The fourth-order valence-corrected chi connectivity index (χ4v) is 1.94. The third kappa shape index (κ3) is 1.74. The van der Waals surface area contributed by atoms with Gasteiger partial charge in [0.15, 0.2) is 0 Å². The fourth-order valence-electron chi connectivity index (χ4n) is 1.94. The van der Waals surface area contributed by atoms with Crippen LogP contribution in [0.4, 0.5) is 0 Å². The zero-order chi connectivity index (χ0) is 11.7. The number of benzene rings is 2. The highest BCUT2D eigenvalue weighted by molar-refractivity contribution is 5.88. The summed E-state index contributed by atoms with van der Waals surface area (Å²) in [7, 11) is 0. The van der Waals surface area contributed by atoms with E-state index in [2.05, 4.69) is 17.1 Å². The van der Waals surface area contributed by atoms with Gasteiger partial charge in [-0.1, -0.05) is 36.4 Å². The number of aromatic nitrogens is 1. The summed E-state index contributed by atoms with van der Waals surface area (Å²) in [4.78, 5) is 4.27. The zero-order valence-corrected chi connectivity index (χ0v) is 9.17. The van der Waals surface area contributed by atoms with Gasteiger partial charge >= 0.3 is 0 Å². The van der Waals surface area contributed by atoms with Crippen LogP contribution < -0.4 is 0 Å². The molecular weight excluding hydrogens is 210 g/mol. The summed E-state index contributed by atoms with van der Waals surface area (Å²) in [6.45, 7) is 0. The van der Waals surface area contributed by atoms with Gasteiger partial charge < -0.3 is 5.11 Å². The number of nitrogens with zero attached hydrogens (tertiary/aromatic N) is 1. The average Bonchev–Trinajstić information content (AvgIpc) is 2.40. The highest BCUT2D eigenvalue weighted by Crippen LogP contribution is 2.27. The first kappa shape index (κ1) is 9.85. The molecule has 2 aromatic carbocycles. The van der Waals surface area contributed by atoms with E-state index in [4.69, 9.17) is 0 Å². The lowest BCUT2D eigenvalue weighted by Crippen LogP contribution is -1.81. The maximum absolute atomic E-state index is 9.69. The smallest absolute Gasteiger partial charge is 0.126 e. The zero-order valence-electron chi connectivity index (χ0n) is 9.17. The topological polar surface area (TPSA) is 33.1 Å². The highest BCUT2D eigenvalue weighted by atomic mass is 16.3. The Bertz CT molecular complexity index is 662. The molecule has 0 saturated carbocycles. The van der Waals surface area contributed by atoms with Crippen LogP contribution in [-0.2, 0) is 0 Å². The van der Waals surface area contributed by atoms with Crippen LogP contribution >= 0.6 is 0 Å². The van der Waals surface area contributed by atoms with E-state index in [-0.39, 0.29) is 5.75 Å². The number of aromatic hydroxyl groups is 1. The van der Waals surface area contributed by atoms with Gasteiger partial charge in [0.25, 0.3) is 0 Å². The Morgan fingerprint density at radius 2 is 1.65 bits per heavy atom. The highest BCUT2D eigenvalue weighted by Gasteiger charge is 2.02. The van der Waals surface area contributed by atoms with E-state index >= 15 is 0 Å². The molecule has 1 heterocycles. The molecule has 0 radical (unpaired) electrons. The van der Waals surface area contributed by atoms with Gasteiger partial charge in [0.2, 0.25) is 0 Å². The molecule has 1 N–H and O–H groups in total. The molecule has 0 aliphatic heterocycles. The minimum absolute atomic E-state index is 0.273. The Morgan fingerprint density at radius 1 is 0.824 bits per heavy atom. The third-order valence-corrected chi connectivity index (χ3v) is 2.83. The molecule has 1 aromatic heterocycles. The SMILES string of the molecule is Oc1ccnc2cc(-c3ccccc3)ccc12. The molecule has 0 amide bonds. The van der Waals surface area contributed by atoms with Crippen molar-refractivity contribution >= 4 is 10.9 Å². The Kier molecular flexibility index (Phi) is 2.26. The lowest BCUT2D eigenvalue weighted by Gasteiger charge is -2.04. The Hall–Kier alpha value is -2.35. The second-order valence-corrected chi connectivity index (χ2v) is 3.93. The van der Waals surface area contributed by atoms with Crippen molar-refractivity contribution in [2.24, 2.45) is 0 Å². The van der Waals surface area contributed by atoms with Crippen LogP contribution in [0.1, 0.15) is 0 Å². The first-order chi connectivity index (χ1) is 8.34. The largest absolute Gasteiger partial charge is 0.507 e. The molecule has 0 unspecified atom stereocenters. The molecule has 0 saturated heterocycles. The summed E-state index contributed by atoms with van der Waals surface area (Å²) in [5, 5.41) is 10.5. The van der Waals surface area contributed by atoms with E-state index in [1.54, 1.807) is 12.3 Å². The van der Waals surface area contributed by atoms with E-state index in [1.165, 1.54) is 0 Å². The van der Waals surface area contributed by atoms with Gasteiger partial charge in [0.1, 0.15) is 5.75 Å². The lowest BCUT2D eigenvalue weighted by atomic mass is 10.0. The van der Waals surface area contributed by atoms with Gasteiger partial charge in [-0.05, 0) is 29.3 Å². The maximum atomic E-state index is 9.69. The predicted molar refractivity (Wildman–Crippen MR) is 68.8 cm³/mol. The van der Waals surface area contributed by atoms with Crippen molar-refractivity contribution in [2.45, 2.75) is 0 Å². The quantitative estimate of drug-likeness (QED) is 0.681. The number of rotatable bonds is 1. The van der Waals surface area contributed by atoms with Gasteiger partial charge in [-0.15, -0.1) is 0 Å². The monoisotopic (exact) mass is 221 g/mol. The van der Waals surface area contributed by atoms with Gasteiger partial charge in [0.05, 0.1) is 5.52 Å². The maximum Gasteiger partial charge on any atom is 0.126 e. The van der Waals surface area contributed by atoms with E-state index in [0.717, 1.165) is 22.0 Å². The van der Waals surface area contributed by atoms with Crippen molar-refractivity contribution in [1.29, 1.82) is 0 Å². The van der Waals surface area contributed by atoms with Gasteiger partial charge in [0, 0.05) is 11.6 Å². The summed E-state index contributed by atoms with van der Waals surface area (Å²) >= 11 is 0. The molecule has 0 aliphatic rings. The molecule has 3 rings (SSSR count). The first-order valence-electron chi connectivity index (χ1n) is 5.48. The van der Waals surface area contributed by atoms with Crippen molar-refractivity contribution in [3.63, 3.8) is 0 Å². The third-order valence-electron chi connectivity index (χ3n) is 2.83. The summed E-state index contributed by atoms with van der Waals surface area (Å²) in [6, 6.07) is 17.6. The minimum atomic E-state index is 0.273. The summed E-state index contributed by atoms with van der Waals surface area (Å²) in [5.74, 6) is 0.273. The van der Waals surface area contributed by atoms with Gasteiger partial charge in [-0.25, -0.2) is 0 Å². The van der Waals surface area contributed by atoms with Crippen molar-refractivity contribution in [1.82, 2.24) is 4.98 Å². The van der Waals surface area contributed by atoms with Gasteiger partial charge in [-0.2, -0.15) is 0 Å². The number of hydrogen-bond acceptors (Lipinski definition) is 2. The molecule has 0 aliphatic carbocycles. The van der Waals surface area contributed by atoms with Crippen LogP contribution in [0.25, 0.3) is 22.0 Å². The summed E-state index contributed by atoms with van der Waals surface area (Å²) in [6.07, 6.45) is 1.62. The van der Waals surface area contributed by atoms with E-state index in [1.807, 2.05) is 36.4 Å². The molecule has 0 bridgehead atoms. The van der Waals surface area contributed by atoms with E-state index < -0.39 is 0 Å². The second-order valence-electron chi connectivity index (χ2n) is 3.93. The lowest BCUT2D eigenvalue weighted by molar-refractivity contribution is 0.481. The van der Waals surface area contributed by atoms with Crippen LogP contribution in [-0.4, -0.2) is 10.1 Å². The Balaban J connectivity index is 2.21. The molecule has 17 heavy (non-hydrogen) atoms. The van der Waals surface area contributed by atoms with Crippen LogP contribution in [0.3, 0.4) is 0 Å². The Labute approximate surface area is 99.2 Å². The molecule has 2 nitrogen and oxygen atoms in total. The molecular formula is C15H11NO. The standard InChI is InChI=1S/C15H11NO/c17-15-8-9-16-14-10-12(6-7-13(14)15)11-4-2-1-3-5-11/h1-10H,(H,16,17). The average molecular weight is 221 g/mol. The van der Waals surface area contributed by atoms with Crippen molar-refractivity contribution in [3.8, 4) is 16.9 Å². The number of pyridine rings is 1. The second kappa shape index (κ2) is 3.91. The molecule has 82 valence electrons. The predicted octanol–water partition coefficient (Wildman–Crippen LogP) is 3.61. The molecule has 0 atom stereocenters. The normalized spacial score (nSPS) is 10.6. The van der Waals surface area contributed by atoms with Gasteiger partial charge in [-0.3, -0.25) is 4.98 Å².